The summed E-state index contributed by atoms with van der Waals surface area (Å²) >= 11 is 6.29. The van der Waals surface area contributed by atoms with E-state index in [0.29, 0.717) is 48.5 Å². The Balaban J connectivity index is 1.66. The summed E-state index contributed by atoms with van der Waals surface area (Å²) in [5.41, 5.74) is 0.279. The number of nitrogens with zero attached hydrogens (tertiary/aromatic N) is 1. The molecule has 3 rings (SSSR count). The molecule has 0 saturated carbocycles. The maximum atomic E-state index is 12.5. The number of hydrogen-bond donors (Lipinski definition) is 1. The minimum Gasteiger partial charge on any atom is -0.490 e. The summed E-state index contributed by atoms with van der Waals surface area (Å²) in [6.45, 7) is 9.00. The summed E-state index contributed by atoms with van der Waals surface area (Å²) < 4.78 is 17.1. The van der Waals surface area contributed by atoms with Crippen LogP contribution in [0.25, 0.3) is 0 Å². The van der Waals surface area contributed by atoms with Gasteiger partial charge in [-0.25, -0.2) is 0 Å². The van der Waals surface area contributed by atoms with Gasteiger partial charge in [0.25, 0.3) is 0 Å². The second-order valence-electron chi connectivity index (χ2n) is 7.24. The van der Waals surface area contributed by atoms with Crippen LogP contribution in [-0.2, 0) is 9.53 Å². The molecule has 6 nitrogen and oxygen atoms in total. The van der Waals surface area contributed by atoms with Gasteiger partial charge in [0.2, 0.25) is 5.91 Å². The Hall–Kier alpha value is -1.50. The molecule has 1 atom stereocenters. The van der Waals surface area contributed by atoms with E-state index < -0.39 is 0 Å². The van der Waals surface area contributed by atoms with Crippen molar-refractivity contribution in [2.24, 2.45) is 0 Å². The normalized spacial score (nSPS) is 23.0. The minimum absolute atomic E-state index is 0.0955. The van der Waals surface area contributed by atoms with Gasteiger partial charge in [0, 0.05) is 31.6 Å². The number of ether oxygens (including phenoxy) is 3. The third kappa shape index (κ3) is 4.77. The highest BCUT2D eigenvalue weighted by molar-refractivity contribution is 6.34. The van der Waals surface area contributed by atoms with Crippen LogP contribution in [0.1, 0.15) is 27.2 Å². The first-order chi connectivity index (χ1) is 11.8. The van der Waals surface area contributed by atoms with Crippen LogP contribution in [0.4, 0.5) is 5.69 Å². The van der Waals surface area contributed by atoms with E-state index in [1.54, 1.807) is 12.1 Å². The second-order valence-corrected chi connectivity index (χ2v) is 7.64. The molecule has 1 aromatic carbocycles. The molecule has 0 aromatic heterocycles. The number of anilines is 1. The summed E-state index contributed by atoms with van der Waals surface area (Å²) in [7, 11) is 0. The number of carbonyl (C=O) groups is 1. The maximum Gasteiger partial charge on any atom is 0.238 e. The van der Waals surface area contributed by atoms with Crippen molar-refractivity contribution in [2.45, 2.75) is 38.9 Å². The van der Waals surface area contributed by atoms with E-state index in [2.05, 4.69) is 10.2 Å². The number of halogens is 1. The lowest BCUT2D eigenvalue weighted by Crippen LogP contribution is -2.53. The molecule has 2 heterocycles. The van der Waals surface area contributed by atoms with Crippen LogP contribution in [0.3, 0.4) is 0 Å². The van der Waals surface area contributed by atoms with Crippen LogP contribution in [0, 0.1) is 0 Å². The molecule has 1 N–H and O–H groups in total. The molecule has 2 aliphatic heterocycles. The minimum atomic E-state index is -0.259. The Morgan fingerprint density at radius 2 is 2.00 bits per heavy atom. The number of carbonyl (C=O) groups excluding carboxylic acids is 1. The number of rotatable bonds is 3. The maximum absolute atomic E-state index is 12.5. The summed E-state index contributed by atoms with van der Waals surface area (Å²) in [5, 5.41) is 3.32. The van der Waals surface area contributed by atoms with Crippen LogP contribution < -0.4 is 14.8 Å². The van der Waals surface area contributed by atoms with Crippen molar-refractivity contribution in [3.8, 4) is 11.5 Å². The van der Waals surface area contributed by atoms with Crippen molar-refractivity contribution >= 4 is 23.2 Å². The van der Waals surface area contributed by atoms with Gasteiger partial charge in [-0.15, -0.1) is 0 Å². The lowest BCUT2D eigenvalue weighted by Gasteiger charge is -2.41. The fraction of sp³-hybridized carbons (Fsp3) is 0.611. The Morgan fingerprint density at radius 1 is 1.32 bits per heavy atom. The summed E-state index contributed by atoms with van der Waals surface area (Å²) in [6, 6.07) is 3.42. The fourth-order valence-electron chi connectivity index (χ4n) is 3.38. The molecule has 0 unspecified atom stereocenters. The lowest BCUT2D eigenvalue weighted by atomic mass is 10.1. The zero-order valence-electron chi connectivity index (χ0n) is 14.9. The Kier molecular flexibility index (Phi) is 5.41. The molecule has 0 spiro atoms. The third-order valence-corrected chi connectivity index (χ3v) is 4.43. The van der Waals surface area contributed by atoms with E-state index >= 15 is 0 Å². The third-order valence-electron chi connectivity index (χ3n) is 4.12. The van der Waals surface area contributed by atoms with Gasteiger partial charge in [0.05, 0.1) is 42.2 Å². The Bertz CT molecular complexity index is 650. The number of benzene rings is 1. The van der Waals surface area contributed by atoms with E-state index in [1.165, 1.54) is 0 Å². The first-order valence-corrected chi connectivity index (χ1v) is 8.99. The first-order valence-electron chi connectivity index (χ1n) is 8.61. The SMILES string of the molecule is C[C@H]1CN(CC(=O)Nc2cc3c(cc2Cl)OCCCO3)CC(C)(C)O1. The highest BCUT2D eigenvalue weighted by Crippen LogP contribution is 2.37. The number of hydrogen-bond acceptors (Lipinski definition) is 5. The van der Waals surface area contributed by atoms with Gasteiger partial charge in [-0.05, 0) is 20.8 Å². The van der Waals surface area contributed by atoms with Gasteiger partial charge in [-0.2, -0.15) is 0 Å². The molecule has 1 aromatic rings. The van der Waals surface area contributed by atoms with Crippen molar-refractivity contribution < 1.29 is 19.0 Å². The van der Waals surface area contributed by atoms with Crippen LogP contribution in [-0.4, -0.2) is 55.4 Å². The second kappa shape index (κ2) is 7.40. The van der Waals surface area contributed by atoms with Crippen molar-refractivity contribution in [3.05, 3.63) is 17.2 Å². The van der Waals surface area contributed by atoms with Crippen LogP contribution in [0.5, 0.6) is 11.5 Å². The fourth-order valence-corrected chi connectivity index (χ4v) is 3.58. The summed E-state index contributed by atoms with van der Waals surface area (Å²) in [5.74, 6) is 1.11. The van der Waals surface area contributed by atoms with Gasteiger partial charge >= 0.3 is 0 Å². The molecule has 7 heteroatoms. The van der Waals surface area contributed by atoms with E-state index in [4.69, 9.17) is 25.8 Å². The molecule has 1 amide bonds. The molecule has 0 radical (unpaired) electrons. The zero-order chi connectivity index (χ0) is 18.0. The highest BCUT2D eigenvalue weighted by Gasteiger charge is 2.32. The summed E-state index contributed by atoms with van der Waals surface area (Å²) in [4.78, 5) is 14.6. The summed E-state index contributed by atoms with van der Waals surface area (Å²) in [6.07, 6.45) is 0.914. The van der Waals surface area contributed by atoms with Gasteiger partial charge < -0.3 is 19.5 Å². The molecule has 25 heavy (non-hydrogen) atoms. The largest absolute Gasteiger partial charge is 0.490 e. The van der Waals surface area contributed by atoms with E-state index in [0.717, 1.165) is 13.0 Å². The highest BCUT2D eigenvalue weighted by atomic mass is 35.5. The smallest absolute Gasteiger partial charge is 0.238 e. The predicted octanol–water partition coefficient (Wildman–Crippen LogP) is 2.94. The molecule has 0 bridgehead atoms. The van der Waals surface area contributed by atoms with Gasteiger partial charge in [-0.3, -0.25) is 9.69 Å². The topological polar surface area (TPSA) is 60.0 Å². The molecule has 2 aliphatic rings. The molecule has 1 fully saturated rings. The van der Waals surface area contributed by atoms with Gasteiger partial charge in [0.15, 0.2) is 11.5 Å². The standard InChI is InChI=1S/C18H25ClN2O4/c1-12-9-21(11-18(2,3)25-12)10-17(22)20-14-8-16-15(7-13(14)19)23-5-4-6-24-16/h7-8,12H,4-6,9-11H2,1-3H3,(H,20,22)/t12-/m0/s1. The van der Waals surface area contributed by atoms with Gasteiger partial charge in [-0.1, -0.05) is 11.6 Å². The number of fused-ring (bicyclic) bond motifs is 1. The average Bonchev–Trinajstić information content (AvgIpc) is 2.70. The molecule has 1 saturated heterocycles. The molecule has 0 aliphatic carbocycles. The van der Waals surface area contributed by atoms with Crippen LogP contribution >= 0.6 is 11.6 Å². The van der Waals surface area contributed by atoms with Crippen molar-refractivity contribution in [2.75, 3.05) is 38.2 Å². The quantitative estimate of drug-likeness (QED) is 0.888. The Labute approximate surface area is 153 Å². The zero-order valence-corrected chi connectivity index (χ0v) is 15.7. The molecular formula is C18H25ClN2O4. The van der Waals surface area contributed by atoms with E-state index in [1.807, 2.05) is 20.8 Å². The van der Waals surface area contributed by atoms with Crippen molar-refractivity contribution in [1.82, 2.24) is 4.90 Å². The first kappa shape index (κ1) is 18.3. The van der Waals surface area contributed by atoms with Crippen molar-refractivity contribution in [3.63, 3.8) is 0 Å². The monoisotopic (exact) mass is 368 g/mol. The average molecular weight is 369 g/mol. The molecular weight excluding hydrogens is 344 g/mol. The number of morpholine rings is 1. The van der Waals surface area contributed by atoms with Crippen molar-refractivity contribution in [1.29, 1.82) is 0 Å². The van der Waals surface area contributed by atoms with Crippen LogP contribution in [0.15, 0.2) is 12.1 Å². The van der Waals surface area contributed by atoms with E-state index in [-0.39, 0.29) is 17.6 Å². The predicted molar refractivity (Wildman–Crippen MR) is 96.8 cm³/mol. The Morgan fingerprint density at radius 3 is 2.68 bits per heavy atom. The van der Waals surface area contributed by atoms with Gasteiger partial charge in [0.1, 0.15) is 0 Å². The lowest BCUT2D eigenvalue weighted by molar-refractivity contribution is -0.136. The number of nitrogens with one attached hydrogen (secondary N) is 1. The van der Waals surface area contributed by atoms with E-state index in [9.17, 15) is 4.79 Å². The molecule has 138 valence electrons. The number of amides is 1. The van der Waals surface area contributed by atoms with Crippen LogP contribution in [0.2, 0.25) is 5.02 Å².